The Balaban J connectivity index is 1.24. The molecule has 0 atom stereocenters. The van der Waals surface area contributed by atoms with Crippen molar-refractivity contribution in [1.29, 1.82) is 0 Å². The van der Waals surface area contributed by atoms with Gasteiger partial charge in [-0.05, 0) is 99.4 Å². The van der Waals surface area contributed by atoms with Gasteiger partial charge in [0.25, 0.3) is 0 Å². The Morgan fingerprint density at radius 3 is 1.14 bits per heavy atom. The normalized spacial score (nSPS) is 13.0. The summed E-state index contributed by atoms with van der Waals surface area (Å²) < 4.78 is 0. The number of nitrogens with zero attached hydrogens (tertiary/aromatic N) is 2. The summed E-state index contributed by atoms with van der Waals surface area (Å²) in [6.45, 7) is 13.7. The zero-order valence-corrected chi connectivity index (χ0v) is 33.8. The molecule has 0 radical (unpaired) electrons. The molecule has 2 heterocycles. The smallest absolute Gasteiger partial charge is 0.0801 e. The van der Waals surface area contributed by atoms with Gasteiger partial charge >= 0.3 is 0 Å². The minimum absolute atomic E-state index is 0.0654. The third-order valence-corrected chi connectivity index (χ3v) is 13.0. The van der Waals surface area contributed by atoms with Crippen LogP contribution in [0.25, 0.3) is 120 Å². The largest absolute Gasteiger partial charge is 0.247 e. The van der Waals surface area contributed by atoms with E-state index in [0.717, 1.165) is 22.1 Å². The van der Waals surface area contributed by atoms with E-state index >= 15 is 0 Å². The molecule has 0 amide bonds. The fourth-order valence-corrected chi connectivity index (χ4v) is 10.1. The van der Waals surface area contributed by atoms with Crippen LogP contribution in [-0.2, 0) is 10.8 Å². The number of rotatable bonds is 2. The molecular weight excluding hydrogens is 701 g/mol. The molecule has 0 aliphatic carbocycles. The summed E-state index contributed by atoms with van der Waals surface area (Å²) in [6, 6.07) is 54.5. The molecule has 2 aromatic heterocycles. The third-order valence-electron chi connectivity index (χ3n) is 13.0. The molecular formula is C56H42N2. The van der Waals surface area contributed by atoms with Gasteiger partial charge in [0.1, 0.15) is 0 Å². The molecule has 0 saturated carbocycles. The molecule has 0 aliphatic heterocycles. The maximum atomic E-state index is 5.63. The summed E-state index contributed by atoms with van der Waals surface area (Å²) >= 11 is 0. The lowest BCUT2D eigenvalue weighted by Gasteiger charge is -2.23. The minimum Gasteiger partial charge on any atom is -0.247 e. The standard InChI is InChI=1S/C56H42N2/c1-55(2,3)33-21-23-35-31(29-33)13-11-19-37(35)47-39-15-7-9-17-41(39)53-49-43(47)25-27-45-51(49)52-46(57-53)28-26-44-48(40-16-8-10-18-42(40)54(58-45)50(44)52)38-20-12-14-32-30-34(56(4,5)6)22-24-36(32)38/h7-30H,1-6H3. The van der Waals surface area contributed by atoms with Crippen molar-refractivity contribution in [1.82, 2.24) is 9.97 Å². The van der Waals surface area contributed by atoms with Gasteiger partial charge in [0.2, 0.25) is 0 Å². The Hall–Kier alpha value is -6.64. The molecule has 2 nitrogen and oxygen atoms in total. The summed E-state index contributed by atoms with van der Waals surface area (Å²) in [5.74, 6) is 0. The molecule has 58 heavy (non-hydrogen) atoms. The van der Waals surface area contributed by atoms with Gasteiger partial charge in [-0.25, -0.2) is 9.97 Å². The van der Waals surface area contributed by atoms with Crippen LogP contribution in [0.15, 0.2) is 146 Å². The first kappa shape index (κ1) is 33.5. The average molecular weight is 743 g/mol. The van der Waals surface area contributed by atoms with E-state index in [1.165, 1.54) is 109 Å². The number of hydrogen-bond acceptors (Lipinski definition) is 2. The average Bonchev–Trinajstić information content (AvgIpc) is 3.23. The van der Waals surface area contributed by atoms with Crippen LogP contribution in [0.3, 0.4) is 0 Å². The van der Waals surface area contributed by atoms with E-state index in [1.807, 2.05) is 0 Å². The van der Waals surface area contributed by atoms with Crippen molar-refractivity contribution in [2.24, 2.45) is 0 Å². The quantitative estimate of drug-likeness (QED) is 0.130. The molecule has 10 aromatic carbocycles. The molecule has 2 heteroatoms. The van der Waals surface area contributed by atoms with Crippen molar-refractivity contribution in [3.63, 3.8) is 0 Å². The topological polar surface area (TPSA) is 25.8 Å². The van der Waals surface area contributed by atoms with E-state index in [0.29, 0.717) is 0 Å². The Morgan fingerprint density at radius 2 is 0.724 bits per heavy atom. The highest BCUT2D eigenvalue weighted by atomic mass is 14.7. The van der Waals surface area contributed by atoms with Crippen LogP contribution < -0.4 is 0 Å². The molecule has 0 spiro atoms. The summed E-state index contributed by atoms with van der Waals surface area (Å²) in [5.41, 5.74) is 11.9. The van der Waals surface area contributed by atoms with Crippen LogP contribution >= 0.6 is 0 Å². The lowest BCUT2D eigenvalue weighted by atomic mass is 9.82. The Labute approximate surface area is 337 Å². The van der Waals surface area contributed by atoms with Gasteiger partial charge in [-0.15, -0.1) is 0 Å². The lowest BCUT2D eigenvalue weighted by molar-refractivity contribution is 0.591. The van der Waals surface area contributed by atoms with E-state index in [-0.39, 0.29) is 10.8 Å². The fraction of sp³-hybridized carbons (Fsp3) is 0.143. The molecule has 12 rings (SSSR count). The first-order chi connectivity index (χ1) is 28.0. The summed E-state index contributed by atoms with van der Waals surface area (Å²) in [4.78, 5) is 11.3. The molecule has 276 valence electrons. The van der Waals surface area contributed by atoms with E-state index < -0.39 is 0 Å². The second-order valence-electron chi connectivity index (χ2n) is 18.5. The Kier molecular flexibility index (Phi) is 6.63. The number of fused-ring (bicyclic) bond motifs is 6. The predicted octanol–water partition coefficient (Wildman–Crippen LogP) is 15.7. The highest BCUT2D eigenvalue weighted by Crippen LogP contribution is 2.51. The van der Waals surface area contributed by atoms with Crippen LogP contribution in [0.4, 0.5) is 0 Å². The van der Waals surface area contributed by atoms with Crippen LogP contribution in [0.2, 0.25) is 0 Å². The second kappa shape index (κ2) is 11.5. The molecule has 0 unspecified atom stereocenters. The van der Waals surface area contributed by atoms with Gasteiger partial charge in [-0.2, -0.15) is 0 Å². The molecule has 0 saturated heterocycles. The van der Waals surface area contributed by atoms with Crippen LogP contribution in [0.1, 0.15) is 52.7 Å². The number of pyridine rings is 2. The summed E-state index contributed by atoms with van der Waals surface area (Å²) in [5, 5.41) is 17.1. The van der Waals surface area contributed by atoms with Crippen LogP contribution in [0, 0.1) is 0 Å². The molecule has 12 aromatic rings. The zero-order valence-electron chi connectivity index (χ0n) is 33.8. The van der Waals surface area contributed by atoms with Gasteiger partial charge in [0.05, 0.1) is 22.1 Å². The third kappa shape index (κ3) is 4.55. The van der Waals surface area contributed by atoms with Crippen LogP contribution in [-0.4, -0.2) is 9.97 Å². The number of aromatic nitrogens is 2. The summed E-state index contributed by atoms with van der Waals surface area (Å²) in [7, 11) is 0. The van der Waals surface area contributed by atoms with E-state index in [4.69, 9.17) is 9.97 Å². The predicted molar refractivity (Wildman–Crippen MR) is 250 cm³/mol. The minimum atomic E-state index is 0.0654. The molecule has 0 bridgehead atoms. The van der Waals surface area contributed by atoms with Crippen molar-refractivity contribution >= 4 is 97.5 Å². The number of hydrogen-bond donors (Lipinski definition) is 0. The molecule has 0 aliphatic rings. The van der Waals surface area contributed by atoms with Gasteiger partial charge in [-0.3, -0.25) is 0 Å². The van der Waals surface area contributed by atoms with Crippen molar-refractivity contribution < 1.29 is 0 Å². The molecule has 0 N–H and O–H groups in total. The first-order valence-corrected chi connectivity index (χ1v) is 20.6. The van der Waals surface area contributed by atoms with Crippen molar-refractivity contribution in [3.8, 4) is 22.3 Å². The van der Waals surface area contributed by atoms with Crippen molar-refractivity contribution in [2.75, 3.05) is 0 Å². The van der Waals surface area contributed by atoms with Crippen molar-refractivity contribution in [2.45, 2.75) is 52.4 Å². The fourth-order valence-electron chi connectivity index (χ4n) is 10.1. The van der Waals surface area contributed by atoms with Crippen LogP contribution in [0.5, 0.6) is 0 Å². The van der Waals surface area contributed by atoms with Gasteiger partial charge in [0.15, 0.2) is 0 Å². The monoisotopic (exact) mass is 742 g/mol. The second-order valence-corrected chi connectivity index (χ2v) is 18.5. The first-order valence-electron chi connectivity index (χ1n) is 20.6. The maximum Gasteiger partial charge on any atom is 0.0801 e. The highest BCUT2D eigenvalue weighted by Gasteiger charge is 2.26. The number of benzene rings is 10. The zero-order chi connectivity index (χ0) is 39.2. The van der Waals surface area contributed by atoms with E-state index in [1.54, 1.807) is 0 Å². The van der Waals surface area contributed by atoms with Crippen molar-refractivity contribution in [3.05, 3.63) is 157 Å². The Morgan fingerprint density at radius 1 is 0.328 bits per heavy atom. The SMILES string of the molecule is CC(C)(C)c1ccc2c(-c3c4ccccc4c4nc5ccc6c(-c7cccc8cc(C(C)(C)C)ccc78)c7ccccc7c7nc8ccc3c4c8c5c67)cccc2c1. The highest BCUT2D eigenvalue weighted by molar-refractivity contribution is 6.41. The van der Waals surface area contributed by atoms with E-state index in [2.05, 4.69) is 187 Å². The lowest BCUT2D eigenvalue weighted by Crippen LogP contribution is -2.10. The maximum absolute atomic E-state index is 5.63. The van der Waals surface area contributed by atoms with Gasteiger partial charge in [0, 0.05) is 32.3 Å². The summed E-state index contributed by atoms with van der Waals surface area (Å²) in [6.07, 6.45) is 0. The van der Waals surface area contributed by atoms with E-state index in [9.17, 15) is 0 Å². The van der Waals surface area contributed by atoms with Gasteiger partial charge in [-0.1, -0.05) is 175 Å². The van der Waals surface area contributed by atoms with Gasteiger partial charge < -0.3 is 0 Å². The Bertz CT molecular complexity index is 3440. The molecule has 0 fully saturated rings.